The van der Waals surface area contributed by atoms with Gasteiger partial charge in [-0.05, 0) is 24.1 Å². The van der Waals surface area contributed by atoms with Crippen molar-refractivity contribution in [3.05, 3.63) is 52.5 Å². The lowest BCUT2D eigenvalue weighted by Crippen LogP contribution is -2.36. The first-order chi connectivity index (χ1) is 12.2. The summed E-state index contributed by atoms with van der Waals surface area (Å²) in [5.41, 5.74) is 0.322. The Morgan fingerprint density at radius 2 is 1.96 bits per heavy atom. The van der Waals surface area contributed by atoms with E-state index in [2.05, 4.69) is 0 Å². The Hall–Kier alpha value is -2.74. The maximum absolute atomic E-state index is 14.4. The number of ether oxygens (including phenoxy) is 1. The van der Waals surface area contributed by atoms with E-state index < -0.39 is 28.5 Å². The van der Waals surface area contributed by atoms with Crippen molar-refractivity contribution >= 4 is 5.91 Å². The molecule has 0 aliphatic carbocycles. The van der Waals surface area contributed by atoms with Crippen LogP contribution < -0.4 is 15.8 Å². The Balaban J connectivity index is 2.30. The lowest BCUT2D eigenvalue weighted by Gasteiger charge is -2.22. The quantitative estimate of drug-likeness (QED) is 0.609. The summed E-state index contributed by atoms with van der Waals surface area (Å²) < 4.78 is 34.2. The molecular formula is C18H20F2N2O4. The van der Waals surface area contributed by atoms with Gasteiger partial charge in [-0.2, -0.15) is 0 Å². The molecule has 1 amide bonds. The highest BCUT2D eigenvalue weighted by Gasteiger charge is 2.27. The van der Waals surface area contributed by atoms with E-state index in [0.717, 1.165) is 22.9 Å². The van der Waals surface area contributed by atoms with Gasteiger partial charge in [0, 0.05) is 29.8 Å². The monoisotopic (exact) mass is 366 g/mol. The summed E-state index contributed by atoms with van der Waals surface area (Å²) in [4.78, 5) is 23.8. The van der Waals surface area contributed by atoms with Gasteiger partial charge < -0.3 is 9.30 Å². The highest BCUT2D eigenvalue weighted by Crippen LogP contribution is 2.27. The minimum absolute atomic E-state index is 0.0203. The molecule has 2 aromatic rings. The minimum atomic E-state index is -0.942. The molecule has 6 nitrogen and oxygen atoms in total. The van der Waals surface area contributed by atoms with Crippen LogP contribution in [0.4, 0.5) is 8.78 Å². The van der Waals surface area contributed by atoms with Crippen molar-refractivity contribution in [1.82, 2.24) is 10.0 Å². The molecule has 8 heteroatoms. The lowest BCUT2D eigenvalue weighted by atomic mass is 9.88. The number of nitrogens with zero attached hydrogens (tertiary/aromatic N) is 1. The fourth-order valence-corrected chi connectivity index (χ4v) is 2.44. The summed E-state index contributed by atoms with van der Waals surface area (Å²) in [5.74, 6) is -1.94. The molecule has 0 aliphatic heterocycles. The van der Waals surface area contributed by atoms with Crippen molar-refractivity contribution in [2.24, 2.45) is 5.41 Å². The number of halogens is 2. The van der Waals surface area contributed by atoms with E-state index in [9.17, 15) is 18.4 Å². The number of hydrogen-bond donors (Lipinski definition) is 2. The molecule has 26 heavy (non-hydrogen) atoms. The molecule has 0 saturated carbocycles. The van der Waals surface area contributed by atoms with Crippen LogP contribution >= 0.6 is 0 Å². The van der Waals surface area contributed by atoms with Gasteiger partial charge in [0.25, 0.3) is 5.56 Å². The molecule has 2 N–H and O–H groups in total. The van der Waals surface area contributed by atoms with E-state index in [4.69, 9.17) is 9.94 Å². The second-order valence-electron chi connectivity index (χ2n) is 6.49. The van der Waals surface area contributed by atoms with Crippen LogP contribution in [0.15, 0.2) is 35.3 Å². The van der Waals surface area contributed by atoms with Crippen LogP contribution in [0.3, 0.4) is 0 Å². The van der Waals surface area contributed by atoms with Crippen molar-refractivity contribution in [2.75, 3.05) is 7.11 Å². The predicted molar refractivity (Wildman–Crippen MR) is 90.9 cm³/mol. The Bertz CT molecular complexity index is 878. The first-order valence-electron chi connectivity index (χ1n) is 7.88. The summed E-state index contributed by atoms with van der Waals surface area (Å²) in [6, 6.07) is 4.98. The topological polar surface area (TPSA) is 80.6 Å². The van der Waals surface area contributed by atoms with Crippen LogP contribution in [-0.2, 0) is 11.3 Å². The standard InChI is InChI=1S/C18H20F2N2O4/c1-18(2,17(24)21-25)6-7-22-10-14(20)12(9-16(22)23)11-4-5-15(26-3)13(19)8-11/h4-5,8-10,25H,6-7H2,1-3H3,(H,21,24). The van der Waals surface area contributed by atoms with Crippen molar-refractivity contribution in [2.45, 2.75) is 26.8 Å². The molecule has 0 fully saturated rings. The highest BCUT2D eigenvalue weighted by atomic mass is 19.1. The molecule has 0 radical (unpaired) electrons. The number of hydrogen-bond acceptors (Lipinski definition) is 4. The maximum Gasteiger partial charge on any atom is 0.251 e. The first-order valence-corrected chi connectivity index (χ1v) is 7.88. The van der Waals surface area contributed by atoms with Gasteiger partial charge in [0.15, 0.2) is 11.6 Å². The molecule has 0 spiro atoms. The number of aryl methyl sites for hydroxylation is 1. The third-order valence-electron chi connectivity index (χ3n) is 4.23. The van der Waals surface area contributed by atoms with Crippen molar-refractivity contribution < 1.29 is 23.5 Å². The molecule has 1 heterocycles. The first kappa shape index (κ1) is 19.6. The van der Waals surface area contributed by atoms with E-state index in [1.54, 1.807) is 19.3 Å². The Morgan fingerprint density at radius 1 is 1.27 bits per heavy atom. The molecule has 0 unspecified atom stereocenters. The van der Waals surface area contributed by atoms with Crippen LogP contribution in [0.2, 0.25) is 0 Å². The number of rotatable bonds is 6. The van der Waals surface area contributed by atoms with E-state index >= 15 is 0 Å². The summed E-state index contributed by atoms with van der Waals surface area (Å²) >= 11 is 0. The fourth-order valence-electron chi connectivity index (χ4n) is 2.44. The zero-order chi connectivity index (χ0) is 19.5. The van der Waals surface area contributed by atoms with Gasteiger partial charge >= 0.3 is 0 Å². The average Bonchev–Trinajstić information content (AvgIpc) is 2.61. The van der Waals surface area contributed by atoms with E-state index in [1.807, 2.05) is 0 Å². The van der Waals surface area contributed by atoms with Gasteiger partial charge in [0.1, 0.15) is 5.82 Å². The third kappa shape index (κ3) is 4.08. The number of aromatic nitrogens is 1. The number of benzene rings is 1. The molecule has 0 atom stereocenters. The zero-order valence-corrected chi connectivity index (χ0v) is 14.7. The third-order valence-corrected chi connectivity index (χ3v) is 4.23. The molecule has 140 valence electrons. The number of nitrogens with one attached hydrogen (secondary N) is 1. The van der Waals surface area contributed by atoms with Gasteiger partial charge in [0.2, 0.25) is 5.91 Å². The largest absolute Gasteiger partial charge is 0.494 e. The Labute approximate surface area is 149 Å². The van der Waals surface area contributed by atoms with Crippen LogP contribution in [0.25, 0.3) is 11.1 Å². The SMILES string of the molecule is COc1ccc(-c2cc(=O)n(CCC(C)(C)C(=O)NO)cc2F)cc1F. The molecular weight excluding hydrogens is 346 g/mol. The molecule has 2 rings (SSSR count). The Kier molecular flexibility index (Phi) is 5.76. The van der Waals surface area contributed by atoms with Crippen molar-refractivity contribution in [3.63, 3.8) is 0 Å². The normalized spacial score (nSPS) is 11.3. The summed E-state index contributed by atoms with van der Waals surface area (Å²) in [7, 11) is 1.32. The van der Waals surface area contributed by atoms with E-state index in [1.165, 1.54) is 19.2 Å². The highest BCUT2D eigenvalue weighted by molar-refractivity contribution is 5.80. The van der Waals surface area contributed by atoms with Gasteiger partial charge in [-0.25, -0.2) is 14.3 Å². The number of pyridine rings is 1. The van der Waals surface area contributed by atoms with Crippen molar-refractivity contribution in [1.29, 1.82) is 0 Å². The van der Waals surface area contributed by atoms with E-state index in [0.29, 0.717) is 0 Å². The molecule has 1 aromatic heterocycles. The molecule has 0 saturated heterocycles. The summed E-state index contributed by atoms with van der Waals surface area (Å²) in [6.07, 6.45) is 1.22. The van der Waals surface area contributed by atoms with Gasteiger partial charge in [0.05, 0.1) is 7.11 Å². The summed E-state index contributed by atoms with van der Waals surface area (Å²) in [5, 5.41) is 8.72. The predicted octanol–water partition coefficient (Wildman–Crippen LogP) is 2.72. The average molecular weight is 366 g/mol. The molecule has 0 aliphatic rings. The second kappa shape index (κ2) is 7.65. The van der Waals surface area contributed by atoms with Crippen LogP contribution in [0.5, 0.6) is 5.75 Å². The number of hydroxylamine groups is 1. The number of methoxy groups -OCH3 is 1. The summed E-state index contributed by atoms with van der Waals surface area (Å²) in [6.45, 7) is 3.26. The van der Waals surface area contributed by atoms with Crippen LogP contribution in [0.1, 0.15) is 20.3 Å². The Morgan fingerprint density at radius 3 is 2.54 bits per heavy atom. The van der Waals surface area contributed by atoms with Gasteiger partial charge in [-0.15, -0.1) is 0 Å². The van der Waals surface area contributed by atoms with E-state index in [-0.39, 0.29) is 29.8 Å². The smallest absolute Gasteiger partial charge is 0.251 e. The van der Waals surface area contributed by atoms with Gasteiger partial charge in [-0.1, -0.05) is 19.9 Å². The molecule has 1 aromatic carbocycles. The minimum Gasteiger partial charge on any atom is -0.494 e. The zero-order valence-electron chi connectivity index (χ0n) is 14.7. The number of carbonyl (C=O) groups is 1. The van der Waals surface area contributed by atoms with Crippen LogP contribution in [-0.4, -0.2) is 22.8 Å². The lowest BCUT2D eigenvalue weighted by molar-refractivity contribution is -0.138. The fraction of sp³-hybridized carbons (Fsp3) is 0.333. The number of carbonyl (C=O) groups excluding carboxylic acids is 1. The maximum atomic E-state index is 14.4. The molecule has 0 bridgehead atoms. The van der Waals surface area contributed by atoms with Gasteiger partial charge in [-0.3, -0.25) is 14.8 Å². The second-order valence-corrected chi connectivity index (χ2v) is 6.49. The van der Waals surface area contributed by atoms with Crippen molar-refractivity contribution in [3.8, 4) is 16.9 Å². The van der Waals surface area contributed by atoms with Crippen LogP contribution in [0, 0.1) is 17.0 Å². The number of amides is 1.